The van der Waals surface area contributed by atoms with Crippen molar-refractivity contribution in [3.8, 4) is 0 Å². The molecule has 1 aromatic rings. The second-order valence-corrected chi connectivity index (χ2v) is 4.05. The minimum absolute atomic E-state index is 0.0147. The van der Waals surface area contributed by atoms with Crippen LogP contribution >= 0.6 is 0 Å². The van der Waals surface area contributed by atoms with E-state index in [1.807, 2.05) is 6.07 Å². The Balaban J connectivity index is 2.29. The summed E-state index contributed by atoms with van der Waals surface area (Å²) in [5.41, 5.74) is 3.52. The van der Waals surface area contributed by atoms with Crippen molar-refractivity contribution < 1.29 is 4.79 Å². The van der Waals surface area contributed by atoms with Crippen LogP contribution in [0.3, 0.4) is 0 Å². The summed E-state index contributed by atoms with van der Waals surface area (Å²) >= 11 is 0. The van der Waals surface area contributed by atoms with Gasteiger partial charge in [0.1, 0.15) is 0 Å². The molecule has 1 aliphatic heterocycles. The molecular weight excluding hydrogens is 188 g/mol. The van der Waals surface area contributed by atoms with Crippen molar-refractivity contribution in [2.75, 3.05) is 23.8 Å². The molecular formula is C12H16N2O. The van der Waals surface area contributed by atoms with E-state index in [9.17, 15) is 4.79 Å². The van der Waals surface area contributed by atoms with Gasteiger partial charge in [0, 0.05) is 31.9 Å². The largest absolute Gasteiger partial charge is 0.374 e. The Bertz CT molecular complexity index is 387. The first kappa shape index (κ1) is 10.0. The summed E-state index contributed by atoms with van der Waals surface area (Å²) in [6.45, 7) is 2.65. The first-order valence-electron chi connectivity index (χ1n) is 5.28. The quantitative estimate of drug-likeness (QED) is 0.759. The molecule has 0 saturated heterocycles. The highest BCUT2D eigenvalue weighted by Crippen LogP contribution is 2.28. The van der Waals surface area contributed by atoms with E-state index in [0.29, 0.717) is 0 Å². The van der Waals surface area contributed by atoms with E-state index >= 15 is 0 Å². The summed E-state index contributed by atoms with van der Waals surface area (Å²) in [4.78, 5) is 13.2. The number of hydrogen-bond acceptors (Lipinski definition) is 2. The van der Waals surface area contributed by atoms with Gasteiger partial charge in [0.2, 0.25) is 5.91 Å². The molecule has 3 nitrogen and oxygen atoms in total. The van der Waals surface area contributed by atoms with E-state index < -0.39 is 0 Å². The molecule has 2 rings (SSSR count). The van der Waals surface area contributed by atoms with E-state index in [1.54, 1.807) is 0 Å². The lowest BCUT2D eigenvalue weighted by molar-refractivity contribution is -0.114. The van der Waals surface area contributed by atoms with Crippen molar-refractivity contribution in [2.24, 2.45) is 0 Å². The molecule has 0 radical (unpaired) electrons. The fraction of sp³-hybridized carbons (Fsp3) is 0.417. The minimum atomic E-state index is -0.0147. The van der Waals surface area contributed by atoms with Gasteiger partial charge < -0.3 is 10.2 Å². The highest BCUT2D eigenvalue weighted by molar-refractivity contribution is 5.89. The van der Waals surface area contributed by atoms with Gasteiger partial charge in [-0.25, -0.2) is 0 Å². The zero-order valence-corrected chi connectivity index (χ0v) is 9.21. The Morgan fingerprint density at radius 3 is 3.00 bits per heavy atom. The monoisotopic (exact) mass is 204 g/mol. The molecule has 1 aromatic carbocycles. The minimum Gasteiger partial charge on any atom is -0.374 e. The second kappa shape index (κ2) is 3.93. The summed E-state index contributed by atoms with van der Waals surface area (Å²) in [5, 5.41) is 2.81. The predicted octanol–water partition coefficient (Wildman–Crippen LogP) is 2.03. The Labute approximate surface area is 90.1 Å². The third-order valence-electron chi connectivity index (χ3n) is 2.75. The molecule has 1 amide bonds. The van der Waals surface area contributed by atoms with Crippen LogP contribution in [0, 0.1) is 0 Å². The normalized spacial score (nSPS) is 14.7. The molecule has 0 spiro atoms. The van der Waals surface area contributed by atoms with Crippen molar-refractivity contribution in [3.05, 3.63) is 23.8 Å². The summed E-state index contributed by atoms with van der Waals surface area (Å²) in [6.07, 6.45) is 2.29. The van der Waals surface area contributed by atoms with Crippen molar-refractivity contribution in [1.82, 2.24) is 0 Å². The topological polar surface area (TPSA) is 32.3 Å². The fourth-order valence-corrected chi connectivity index (χ4v) is 2.07. The lowest BCUT2D eigenvalue weighted by Crippen LogP contribution is -2.24. The standard InChI is InChI=1S/C12H16N2O/c1-9(15)13-11-5-6-12-10(8-11)4-3-7-14(12)2/h5-6,8H,3-4,7H2,1-2H3,(H,13,15). The average Bonchev–Trinajstić information content (AvgIpc) is 2.17. The third kappa shape index (κ3) is 2.12. The van der Waals surface area contributed by atoms with Crippen LogP contribution in [0.5, 0.6) is 0 Å². The Morgan fingerprint density at radius 1 is 1.47 bits per heavy atom. The molecule has 1 aliphatic rings. The maximum absolute atomic E-state index is 10.9. The van der Waals surface area contributed by atoms with Gasteiger partial charge in [0.05, 0.1) is 0 Å². The maximum atomic E-state index is 10.9. The first-order chi connectivity index (χ1) is 7.16. The molecule has 0 saturated carbocycles. The Hall–Kier alpha value is -1.51. The molecule has 80 valence electrons. The van der Waals surface area contributed by atoms with Crippen molar-refractivity contribution in [2.45, 2.75) is 19.8 Å². The van der Waals surface area contributed by atoms with Gasteiger partial charge in [-0.3, -0.25) is 4.79 Å². The van der Waals surface area contributed by atoms with Gasteiger partial charge in [-0.15, -0.1) is 0 Å². The van der Waals surface area contributed by atoms with Crippen molar-refractivity contribution >= 4 is 17.3 Å². The van der Waals surface area contributed by atoms with E-state index in [2.05, 4.69) is 29.4 Å². The second-order valence-electron chi connectivity index (χ2n) is 4.05. The first-order valence-corrected chi connectivity index (χ1v) is 5.28. The number of anilines is 2. The molecule has 1 heterocycles. The number of hydrogen-bond donors (Lipinski definition) is 1. The average molecular weight is 204 g/mol. The Morgan fingerprint density at radius 2 is 2.27 bits per heavy atom. The number of rotatable bonds is 1. The highest BCUT2D eigenvalue weighted by Gasteiger charge is 2.13. The van der Waals surface area contributed by atoms with Gasteiger partial charge in [-0.05, 0) is 36.6 Å². The number of aryl methyl sites for hydroxylation is 1. The van der Waals surface area contributed by atoms with E-state index in [0.717, 1.165) is 18.7 Å². The molecule has 0 unspecified atom stereocenters. The van der Waals surface area contributed by atoms with Gasteiger partial charge in [0.15, 0.2) is 0 Å². The number of benzene rings is 1. The summed E-state index contributed by atoms with van der Waals surface area (Å²) in [7, 11) is 2.11. The molecule has 0 bridgehead atoms. The van der Waals surface area contributed by atoms with Crippen molar-refractivity contribution in [3.63, 3.8) is 0 Å². The molecule has 0 aliphatic carbocycles. The number of amides is 1. The number of nitrogens with one attached hydrogen (secondary N) is 1. The van der Waals surface area contributed by atoms with Crippen LogP contribution in [0.25, 0.3) is 0 Å². The van der Waals surface area contributed by atoms with E-state index in [4.69, 9.17) is 0 Å². The number of fused-ring (bicyclic) bond motifs is 1. The third-order valence-corrected chi connectivity index (χ3v) is 2.75. The lowest BCUT2D eigenvalue weighted by atomic mass is 10.0. The number of carbonyl (C=O) groups excluding carboxylic acids is 1. The molecule has 0 aromatic heterocycles. The van der Waals surface area contributed by atoms with Gasteiger partial charge in [0.25, 0.3) is 0 Å². The molecule has 0 fully saturated rings. The zero-order valence-electron chi connectivity index (χ0n) is 9.21. The van der Waals surface area contributed by atoms with Crippen molar-refractivity contribution in [1.29, 1.82) is 0 Å². The zero-order chi connectivity index (χ0) is 10.8. The smallest absolute Gasteiger partial charge is 0.221 e. The molecule has 1 N–H and O–H groups in total. The number of carbonyl (C=O) groups is 1. The van der Waals surface area contributed by atoms with Crippen LogP contribution in [0.1, 0.15) is 18.9 Å². The fourth-order valence-electron chi connectivity index (χ4n) is 2.07. The highest BCUT2D eigenvalue weighted by atomic mass is 16.1. The van der Waals surface area contributed by atoms with Crippen LogP contribution in [0.4, 0.5) is 11.4 Å². The summed E-state index contributed by atoms with van der Waals surface area (Å²) < 4.78 is 0. The Kier molecular flexibility index (Phi) is 2.62. The van der Waals surface area contributed by atoms with E-state index in [1.165, 1.54) is 24.6 Å². The molecule has 0 atom stereocenters. The van der Waals surface area contributed by atoms with Gasteiger partial charge in [-0.1, -0.05) is 0 Å². The van der Waals surface area contributed by atoms with Crippen LogP contribution < -0.4 is 10.2 Å². The van der Waals surface area contributed by atoms with Gasteiger partial charge in [-0.2, -0.15) is 0 Å². The predicted molar refractivity (Wildman–Crippen MR) is 62.3 cm³/mol. The van der Waals surface area contributed by atoms with Crippen LogP contribution in [0.15, 0.2) is 18.2 Å². The van der Waals surface area contributed by atoms with Gasteiger partial charge >= 0.3 is 0 Å². The lowest BCUT2D eigenvalue weighted by Gasteiger charge is -2.27. The summed E-state index contributed by atoms with van der Waals surface area (Å²) in [6, 6.07) is 6.12. The maximum Gasteiger partial charge on any atom is 0.221 e. The molecule has 15 heavy (non-hydrogen) atoms. The van der Waals surface area contributed by atoms with Crippen LogP contribution in [-0.4, -0.2) is 19.5 Å². The van der Waals surface area contributed by atoms with Crippen LogP contribution in [-0.2, 0) is 11.2 Å². The van der Waals surface area contributed by atoms with Crippen LogP contribution in [0.2, 0.25) is 0 Å². The molecule has 3 heteroatoms. The summed E-state index contributed by atoms with van der Waals surface area (Å²) in [5.74, 6) is -0.0147. The van der Waals surface area contributed by atoms with E-state index in [-0.39, 0.29) is 5.91 Å². The SMILES string of the molecule is CC(=O)Nc1ccc2c(c1)CCCN2C. The number of nitrogens with zero attached hydrogens (tertiary/aromatic N) is 1.